The third kappa shape index (κ3) is 3.58. The molecular weight excluding hydrogens is 346 g/mol. The van der Waals surface area contributed by atoms with E-state index in [2.05, 4.69) is 15.2 Å². The molecule has 1 heterocycles. The third-order valence-electron chi connectivity index (χ3n) is 4.44. The van der Waals surface area contributed by atoms with Gasteiger partial charge >= 0.3 is 5.97 Å². The first-order valence-electron chi connectivity index (χ1n) is 8.09. The zero-order valence-electron chi connectivity index (χ0n) is 14.3. The van der Waals surface area contributed by atoms with Gasteiger partial charge in [0.2, 0.25) is 5.60 Å². The summed E-state index contributed by atoms with van der Waals surface area (Å²) in [7, 11) is 1.31. The number of oxime groups is 1. The molecule has 6 nitrogen and oxygen atoms in total. The fraction of sp³-hybridized carbons (Fsp3) is 0.389. The first-order chi connectivity index (χ1) is 12.3. The standard InChI is InChI=1S/C18H18F2N2O4/c1-18(17(24)21-14-4-3-10(7-14)16(23)25-2)9-15(22-26-18)11-5-12(19)8-13(20)6-11/h3-6,8,10,14H,7,9H2,1-2H3,(H,21,24)/t10-,14+,18+/m0/s1. The van der Waals surface area contributed by atoms with E-state index in [1.165, 1.54) is 7.11 Å². The molecule has 0 saturated carbocycles. The molecule has 0 unspecified atom stereocenters. The largest absolute Gasteiger partial charge is 0.469 e. The molecule has 2 aliphatic rings. The van der Waals surface area contributed by atoms with Crippen LogP contribution >= 0.6 is 0 Å². The molecule has 1 N–H and O–H groups in total. The number of ether oxygens (including phenoxy) is 1. The molecule has 0 spiro atoms. The second kappa shape index (κ2) is 6.86. The topological polar surface area (TPSA) is 77.0 Å². The van der Waals surface area contributed by atoms with Crippen LogP contribution < -0.4 is 5.32 Å². The summed E-state index contributed by atoms with van der Waals surface area (Å²) in [6, 6.07) is 2.70. The summed E-state index contributed by atoms with van der Waals surface area (Å²) < 4.78 is 31.4. The number of hydrogen-bond donors (Lipinski definition) is 1. The molecule has 1 aromatic carbocycles. The minimum Gasteiger partial charge on any atom is -0.469 e. The second-order valence-electron chi connectivity index (χ2n) is 6.53. The van der Waals surface area contributed by atoms with E-state index in [-0.39, 0.29) is 29.7 Å². The van der Waals surface area contributed by atoms with Crippen molar-refractivity contribution >= 4 is 17.6 Å². The van der Waals surface area contributed by atoms with Crippen molar-refractivity contribution in [2.75, 3.05) is 7.11 Å². The number of esters is 1. The van der Waals surface area contributed by atoms with Gasteiger partial charge in [0.05, 0.1) is 18.7 Å². The van der Waals surface area contributed by atoms with Gasteiger partial charge in [-0.05, 0) is 25.5 Å². The molecule has 0 saturated heterocycles. The molecule has 1 aromatic rings. The highest BCUT2D eigenvalue weighted by molar-refractivity contribution is 6.05. The number of amides is 1. The number of nitrogens with one attached hydrogen (secondary N) is 1. The van der Waals surface area contributed by atoms with Crippen LogP contribution in [0.15, 0.2) is 35.5 Å². The highest BCUT2D eigenvalue weighted by Gasteiger charge is 2.43. The van der Waals surface area contributed by atoms with Crippen molar-refractivity contribution in [1.29, 1.82) is 0 Å². The minimum atomic E-state index is -1.30. The van der Waals surface area contributed by atoms with Crippen molar-refractivity contribution in [3.63, 3.8) is 0 Å². The molecule has 1 aliphatic carbocycles. The molecule has 26 heavy (non-hydrogen) atoms. The summed E-state index contributed by atoms with van der Waals surface area (Å²) in [5.41, 5.74) is -0.782. The SMILES string of the molecule is COC(=O)[C@H]1C=C[C@@H](NC(=O)[C@@]2(C)CC(c3cc(F)cc(F)c3)=NO2)C1. The van der Waals surface area contributed by atoms with Crippen LogP contribution in [0.1, 0.15) is 25.3 Å². The highest BCUT2D eigenvalue weighted by Crippen LogP contribution is 2.28. The molecule has 0 fully saturated rings. The summed E-state index contributed by atoms with van der Waals surface area (Å²) in [6.07, 6.45) is 3.88. The Morgan fingerprint density at radius 3 is 2.62 bits per heavy atom. The van der Waals surface area contributed by atoms with Gasteiger partial charge in [0.25, 0.3) is 5.91 Å². The first-order valence-corrected chi connectivity index (χ1v) is 8.09. The van der Waals surface area contributed by atoms with Crippen LogP contribution in [0, 0.1) is 17.6 Å². The Balaban J connectivity index is 1.63. The maximum atomic E-state index is 13.4. The van der Waals surface area contributed by atoms with E-state index in [1.807, 2.05) is 0 Å². The zero-order valence-corrected chi connectivity index (χ0v) is 14.3. The van der Waals surface area contributed by atoms with Crippen molar-refractivity contribution in [2.24, 2.45) is 11.1 Å². The summed E-state index contributed by atoms with van der Waals surface area (Å²) in [5.74, 6) is -2.64. The Kier molecular flexibility index (Phi) is 4.76. The van der Waals surface area contributed by atoms with Gasteiger partial charge in [-0.3, -0.25) is 9.59 Å². The number of methoxy groups -OCH3 is 1. The lowest BCUT2D eigenvalue weighted by molar-refractivity contribution is -0.145. The fourth-order valence-electron chi connectivity index (χ4n) is 2.99. The Hall–Kier alpha value is -2.77. The average molecular weight is 364 g/mol. The number of halogens is 2. The Morgan fingerprint density at radius 1 is 1.27 bits per heavy atom. The Labute approximate surface area is 148 Å². The normalized spacial score (nSPS) is 27.0. The van der Waals surface area contributed by atoms with E-state index >= 15 is 0 Å². The molecule has 3 atom stereocenters. The Morgan fingerprint density at radius 2 is 1.96 bits per heavy atom. The van der Waals surface area contributed by atoms with Crippen LogP contribution in [0.25, 0.3) is 0 Å². The zero-order chi connectivity index (χ0) is 18.9. The predicted molar refractivity (Wildman–Crippen MR) is 88.2 cm³/mol. The summed E-state index contributed by atoms with van der Waals surface area (Å²) in [4.78, 5) is 29.4. The molecule has 0 bridgehead atoms. The summed E-state index contributed by atoms with van der Waals surface area (Å²) in [5, 5.41) is 6.61. The van der Waals surface area contributed by atoms with E-state index in [1.54, 1.807) is 19.1 Å². The minimum absolute atomic E-state index is 0.0680. The summed E-state index contributed by atoms with van der Waals surface area (Å²) in [6.45, 7) is 1.55. The van der Waals surface area contributed by atoms with Crippen molar-refractivity contribution in [3.05, 3.63) is 47.5 Å². The molecular formula is C18H18F2N2O4. The molecule has 0 aromatic heterocycles. The van der Waals surface area contributed by atoms with Crippen LogP contribution in [0.2, 0.25) is 0 Å². The van der Waals surface area contributed by atoms with Gasteiger partial charge in [0.15, 0.2) is 0 Å². The maximum absolute atomic E-state index is 13.4. The lowest BCUT2D eigenvalue weighted by Crippen LogP contribution is -2.48. The van der Waals surface area contributed by atoms with Gasteiger partial charge in [-0.2, -0.15) is 0 Å². The number of rotatable bonds is 4. The van der Waals surface area contributed by atoms with E-state index in [9.17, 15) is 18.4 Å². The Bertz CT molecular complexity index is 788. The van der Waals surface area contributed by atoms with Crippen molar-refractivity contribution < 1.29 is 27.9 Å². The maximum Gasteiger partial charge on any atom is 0.312 e. The van der Waals surface area contributed by atoms with Gasteiger partial charge < -0.3 is 14.9 Å². The van der Waals surface area contributed by atoms with Gasteiger partial charge in [-0.1, -0.05) is 17.3 Å². The number of carbonyl (C=O) groups excluding carboxylic acids is 2. The monoisotopic (exact) mass is 364 g/mol. The van der Waals surface area contributed by atoms with Crippen molar-refractivity contribution in [1.82, 2.24) is 5.32 Å². The van der Waals surface area contributed by atoms with Gasteiger partial charge in [0, 0.05) is 24.1 Å². The van der Waals surface area contributed by atoms with Crippen LogP contribution in [0.4, 0.5) is 8.78 Å². The van der Waals surface area contributed by atoms with Crippen LogP contribution in [0.3, 0.4) is 0 Å². The second-order valence-corrected chi connectivity index (χ2v) is 6.53. The molecule has 0 radical (unpaired) electrons. The summed E-state index contributed by atoms with van der Waals surface area (Å²) >= 11 is 0. The van der Waals surface area contributed by atoms with E-state index < -0.39 is 29.1 Å². The lowest BCUT2D eigenvalue weighted by Gasteiger charge is -2.23. The number of benzene rings is 1. The van der Waals surface area contributed by atoms with Crippen LogP contribution in [-0.4, -0.2) is 36.3 Å². The quantitative estimate of drug-likeness (QED) is 0.656. The van der Waals surface area contributed by atoms with Crippen LogP contribution in [0.5, 0.6) is 0 Å². The number of nitrogens with zero attached hydrogens (tertiary/aromatic N) is 1. The van der Waals surface area contributed by atoms with Gasteiger partial charge in [-0.25, -0.2) is 8.78 Å². The van der Waals surface area contributed by atoms with Gasteiger partial charge in [0.1, 0.15) is 11.6 Å². The first kappa shape index (κ1) is 18.0. The smallest absolute Gasteiger partial charge is 0.312 e. The van der Waals surface area contributed by atoms with E-state index in [0.717, 1.165) is 18.2 Å². The molecule has 3 rings (SSSR count). The molecule has 138 valence electrons. The number of carbonyl (C=O) groups is 2. The van der Waals surface area contributed by atoms with Gasteiger partial charge in [-0.15, -0.1) is 0 Å². The third-order valence-corrected chi connectivity index (χ3v) is 4.44. The molecule has 8 heteroatoms. The average Bonchev–Trinajstić information content (AvgIpc) is 3.21. The van der Waals surface area contributed by atoms with E-state index in [0.29, 0.717) is 6.42 Å². The number of hydrogen-bond acceptors (Lipinski definition) is 5. The van der Waals surface area contributed by atoms with E-state index in [4.69, 9.17) is 4.84 Å². The fourth-order valence-corrected chi connectivity index (χ4v) is 2.99. The molecule has 1 amide bonds. The molecule has 1 aliphatic heterocycles. The predicted octanol–water partition coefficient (Wildman–Crippen LogP) is 2.08. The van der Waals surface area contributed by atoms with Crippen molar-refractivity contribution in [2.45, 2.75) is 31.4 Å². The van der Waals surface area contributed by atoms with Crippen molar-refractivity contribution in [3.8, 4) is 0 Å². The van der Waals surface area contributed by atoms with Crippen LogP contribution in [-0.2, 0) is 19.2 Å². The lowest BCUT2D eigenvalue weighted by atomic mass is 9.94. The highest BCUT2D eigenvalue weighted by atomic mass is 19.1.